The van der Waals surface area contributed by atoms with Gasteiger partial charge in [0.25, 0.3) is 0 Å². The summed E-state index contributed by atoms with van der Waals surface area (Å²) in [5, 5.41) is 0.637. The monoisotopic (exact) mass is 222 g/mol. The molecule has 1 heterocycles. The minimum Gasteiger partial charge on any atom is -0.271 e. The third kappa shape index (κ3) is 2.54. The maximum atomic E-state index is 5.66. The minimum absolute atomic E-state index is 0.304. The van der Waals surface area contributed by atoms with E-state index in [1.807, 2.05) is 11.8 Å². The van der Waals surface area contributed by atoms with E-state index in [0.29, 0.717) is 11.3 Å². The summed E-state index contributed by atoms with van der Waals surface area (Å²) < 4.78 is 0. The third-order valence-corrected chi connectivity index (χ3v) is 4.41. The van der Waals surface area contributed by atoms with Gasteiger partial charge in [0.1, 0.15) is 0 Å². The largest absolute Gasteiger partial charge is 0.271 e. The molecule has 1 saturated heterocycles. The highest BCUT2D eigenvalue weighted by Crippen LogP contribution is 2.35. The molecule has 2 rings (SSSR count). The van der Waals surface area contributed by atoms with Gasteiger partial charge in [-0.1, -0.05) is 29.8 Å². The lowest BCUT2D eigenvalue weighted by molar-refractivity contribution is 0.520. The van der Waals surface area contributed by atoms with Crippen LogP contribution in [0.1, 0.15) is 30.0 Å². The normalized spacial score (nSPS) is 22.9. The van der Waals surface area contributed by atoms with E-state index in [1.54, 1.807) is 0 Å². The van der Waals surface area contributed by atoms with Crippen molar-refractivity contribution in [3.63, 3.8) is 0 Å². The van der Waals surface area contributed by atoms with Crippen molar-refractivity contribution in [2.75, 3.05) is 5.75 Å². The summed E-state index contributed by atoms with van der Waals surface area (Å²) in [6, 6.07) is 8.97. The predicted molar refractivity (Wildman–Crippen MR) is 66.7 cm³/mol. The van der Waals surface area contributed by atoms with Crippen LogP contribution in [0.2, 0.25) is 0 Å². The molecule has 2 unspecified atom stereocenters. The lowest BCUT2D eigenvalue weighted by Gasteiger charge is -2.22. The fourth-order valence-electron chi connectivity index (χ4n) is 2.06. The molecule has 2 atom stereocenters. The highest BCUT2D eigenvalue weighted by molar-refractivity contribution is 8.00. The second-order valence-electron chi connectivity index (χ2n) is 4.11. The van der Waals surface area contributed by atoms with Gasteiger partial charge >= 0.3 is 0 Å². The maximum absolute atomic E-state index is 5.66. The van der Waals surface area contributed by atoms with E-state index in [-0.39, 0.29) is 0 Å². The number of aryl methyl sites for hydroxylation is 1. The summed E-state index contributed by atoms with van der Waals surface area (Å²) in [4.78, 5) is 0. The number of thioether (sulfide) groups is 1. The SMILES string of the molecule is Cc1ccc(C(NN)C2CCCS2)cc1. The number of hydrogen-bond acceptors (Lipinski definition) is 3. The van der Waals surface area contributed by atoms with E-state index in [9.17, 15) is 0 Å². The smallest absolute Gasteiger partial charge is 0.0578 e. The molecule has 0 bridgehead atoms. The van der Waals surface area contributed by atoms with Gasteiger partial charge in [-0.05, 0) is 31.1 Å². The number of nitrogens with one attached hydrogen (secondary N) is 1. The molecule has 0 radical (unpaired) electrons. The third-order valence-electron chi connectivity index (χ3n) is 2.95. The molecule has 0 amide bonds. The van der Waals surface area contributed by atoms with E-state index in [0.717, 1.165) is 0 Å². The maximum Gasteiger partial charge on any atom is 0.0578 e. The summed E-state index contributed by atoms with van der Waals surface area (Å²) in [7, 11) is 0. The highest BCUT2D eigenvalue weighted by atomic mass is 32.2. The van der Waals surface area contributed by atoms with Crippen LogP contribution in [0.5, 0.6) is 0 Å². The van der Waals surface area contributed by atoms with Gasteiger partial charge in [-0.3, -0.25) is 11.3 Å². The fourth-order valence-corrected chi connectivity index (χ4v) is 3.46. The minimum atomic E-state index is 0.304. The van der Waals surface area contributed by atoms with Gasteiger partial charge in [0, 0.05) is 5.25 Å². The highest BCUT2D eigenvalue weighted by Gasteiger charge is 2.25. The molecule has 82 valence electrons. The van der Waals surface area contributed by atoms with Crippen LogP contribution in [0, 0.1) is 6.92 Å². The molecule has 1 aliphatic heterocycles. The fraction of sp³-hybridized carbons (Fsp3) is 0.500. The Morgan fingerprint density at radius 2 is 2.13 bits per heavy atom. The van der Waals surface area contributed by atoms with Crippen molar-refractivity contribution >= 4 is 11.8 Å². The Bertz CT molecular complexity index is 304. The van der Waals surface area contributed by atoms with E-state index in [1.165, 1.54) is 29.7 Å². The Kier molecular flexibility index (Phi) is 3.67. The second-order valence-corrected chi connectivity index (χ2v) is 5.45. The molecule has 0 aromatic heterocycles. The average molecular weight is 222 g/mol. The number of benzene rings is 1. The molecule has 0 saturated carbocycles. The molecule has 15 heavy (non-hydrogen) atoms. The van der Waals surface area contributed by atoms with E-state index >= 15 is 0 Å². The van der Waals surface area contributed by atoms with Gasteiger partial charge in [0.05, 0.1) is 6.04 Å². The molecule has 2 nitrogen and oxygen atoms in total. The summed E-state index contributed by atoms with van der Waals surface area (Å²) in [5.74, 6) is 6.93. The number of hydrogen-bond donors (Lipinski definition) is 2. The molecule has 3 heteroatoms. The Morgan fingerprint density at radius 3 is 2.67 bits per heavy atom. The summed E-state index contributed by atoms with van der Waals surface area (Å²) in [6.07, 6.45) is 2.59. The Labute approximate surface area is 95.6 Å². The van der Waals surface area contributed by atoms with Gasteiger partial charge in [0.2, 0.25) is 0 Å². The van der Waals surface area contributed by atoms with Crippen LogP contribution in [0.15, 0.2) is 24.3 Å². The van der Waals surface area contributed by atoms with Crippen molar-refractivity contribution in [2.24, 2.45) is 5.84 Å². The van der Waals surface area contributed by atoms with Crippen LogP contribution in [0.4, 0.5) is 0 Å². The first-order valence-electron chi connectivity index (χ1n) is 5.45. The van der Waals surface area contributed by atoms with E-state index in [4.69, 9.17) is 5.84 Å². The zero-order chi connectivity index (χ0) is 10.7. The Hall–Kier alpha value is -0.510. The van der Waals surface area contributed by atoms with Gasteiger partial charge in [-0.2, -0.15) is 11.8 Å². The van der Waals surface area contributed by atoms with Crippen LogP contribution in [-0.4, -0.2) is 11.0 Å². The van der Waals surface area contributed by atoms with E-state index < -0.39 is 0 Å². The first kappa shape index (κ1) is 11.0. The van der Waals surface area contributed by atoms with Crippen LogP contribution in [0.3, 0.4) is 0 Å². The number of rotatable bonds is 3. The van der Waals surface area contributed by atoms with E-state index in [2.05, 4.69) is 36.6 Å². The van der Waals surface area contributed by atoms with Crippen LogP contribution in [0.25, 0.3) is 0 Å². The standard InChI is InChI=1S/C12H18N2S/c1-9-4-6-10(7-5-9)12(14-13)11-3-2-8-15-11/h4-7,11-12,14H,2-3,8,13H2,1H3. The Balaban J connectivity index is 2.14. The van der Waals surface area contributed by atoms with Gasteiger partial charge in [-0.25, -0.2) is 0 Å². The van der Waals surface area contributed by atoms with Crippen molar-refractivity contribution in [2.45, 2.75) is 31.1 Å². The van der Waals surface area contributed by atoms with Crippen molar-refractivity contribution in [1.29, 1.82) is 0 Å². The molecule has 1 fully saturated rings. The quantitative estimate of drug-likeness (QED) is 0.609. The molecular weight excluding hydrogens is 204 g/mol. The lowest BCUT2D eigenvalue weighted by Crippen LogP contribution is -2.34. The zero-order valence-corrected chi connectivity index (χ0v) is 9.89. The van der Waals surface area contributed by atoms with Crippen molar-refractivity contribution < 1.29 is 0 Å². The predicted octanol–water partition coefficient (Wildman–Crippen LogP) is 2.40. The summed E-state index contributed by atoms with van der Waals surface area (Å²) in [5.41, 5.74) is 5.57. The molecule has 0 aliphatic carbocycles. The van der Waals surface area contributed by atoms with Crippen LogP contribution >= 0.6 is 11.8 Å². The zero-order valence-electron chi connectivity index (χ0n) is 9.07. The van der Waals surface area contributed by atoms with Gasteiger partial charge < -0.3 is 0 Å². The van der Waals surface area contributed by atoms with Crippen molar-refractivity contribution in [3.8, 4) is 0 Å². The summed E-state index contributed by atoms with van der Waals surface area (Å²) in [6.45, 7) is 2.11. The van der Waals surface area contributed by atoms with Crippen molar-refractivity contribution in [1.82, 2.24) is 5.43 Å². The van der Waals surface area contributed by atoms with Crippen molar-refractivity contribution in [3.05, 3.63) is 35.4 Å². The van der Waals surface area contributed by atoms with Crippen LogP contribution in [-0.2, 0) is 0 Å². The van der Waals surface area contributed by atoms with Gasteiger partial charge in [0.15, 0.2) is 0 Å². The molecule has 1 aromatic carbocycles. The molecule has 0 spiro atoms. The lowest BCUT2D eigenvalue weighted by atomic mass is 10.0. The molecule has 3 N–H and O–H groups in total. The average Bonchev–Trinajstić information content (AvgIpc) is 2.75. The van der Waals surface area contributed by atoms with Crippen LogP contribution < -0.4 is 11.3 Å². The first-order chi connectivity index (χ1) is 7.31. The second kappa shape index (κ2) is 5.01. The Morgan fingerprint density at radius 1 is 1.40 bits per heavy atom. The molecule has 1 aliphatic rings. The number of hydrazine groups is 1. The van der Waals surface area contributed by atoms with Gasteiger partial charge in [-0.15, -0.1) is 0 Å². The molecular formula is C12H18N2S. The first-order valence-corrected chi connectivity index (χ1v) is 6.50. The molecule has 1 aromatic rings. The topological polar surface area (TPSA) is 38.0 Å². The number of nitrogens with two attached hydrogens (primary N) is 1. The summed E-state index contributed by atoms with van der Waals surface area (Å²) >= 11 is 2.03.